The fourth-order valence-corrected chi connectivity index (χ4v) is 3.06. The van der Waals surface area contributed by atoms with Crippen LogP contribution in [0.5, 0.6) is 0 Å². The molecule has 0 radical (unpaired) electrons. The number of benzene rings is 3. The average molecular weight is 343 g/mol. The van der Waals surface area contributed by atoms with Crippen molar-refractivity contribution in [1.82, 2.24) is 10.3 Å². The molecule has 2 amide bonds. The Balaban J connectivity index is 1.44. The molecule has 0 atom stereocenters. The van der Waals surface area contributed by atoms with Crippen molar-refractivity contribution in [2.45, 2.75) is 0 Å². The molecule has 4 aromatic rings. The van der Waals surface area contributed by atoms with Crippen LogP contribution in [-0.4, -0.2) is 23.3 Å². The summed E-state index contributed by atoms with van der Waals surface area (Å²) < 4.78 is 0. The van der Waals surface area contributed by atoms with Gasteiger partial charge in [0.2, 0.25) is 0 Å². The van der Waals surface area contributed by atoms with Gasteiger partial charge in [-0.3, -0.25) is 4.79 Å². The summed E-state index contributed by atoms with van der Waals surface area (Å²) in [6, 6.07) is 20.7. The molecule has 4 rings (SSSR count). The number of ketones is 1. The first kappa shape index (κ1) is 15.9. The van der Waals surface area contributed by atoms with Crippen molar-refractivity contribution in [3.8, 4) is 0 Å². The Morgan fingerprint density at radius 3 is 2.46 bits per heavy atom. The standard InChI is InChI=1S/C21H17N3O2/c25-20(17-12-22-18-10-4-3-9-16(17)18)13-23-21(26)24-19-11-5-7-14-6-1-2-8-15(14)19/h1-12,22H,13H2,(H2,23,24,26). The molecule has 0 saturated carbocycles. The fourth-order valence-electron chi connectivity index (χ4n) is 3.06. The molecule has 26 heavy (non-hydrogen) atoms. The average Bonchev–Trinajstić information content (AvgIpc) is 3.11. The van der Waals surface area contributed by atoms with Crippen molar-refractivity contribution in [3.63, 3.8) is 0 Å². The van der Waals surface area contributed by atoms with E-state index in [-0.39, 0.29) is 12.3 Å². The lowest BCUT2D eigenvalue weighted by molar-refractivity contribution is 0.0995. The van der Waals surface area contributed by atoms with Gasteiger partial charge in [0.25, 0.3) is 0 Å². The van der Waals surface area contributed by atoms with Crippen LogP contribution in [0.2, 0.25) is 0 Å². The van der Waals surface area contributed by atoms with E-state index >= 15 is 0 Å². The number of carbonyl (C=O) groups excluding carboxylic acids is 2. The van der Waals surface area contributed by atoms with Crippen LogP contribution in [0.4, 0.5) is 10.5 Å². The Morgan fingerprint density at radius 1 is 0.846 bits per heavy atom. The largest absolute Gasteiger partial charge is 0.360 e. The summed E-state index contributed by atoms with van der Waals surface area (Å²) in [5.41, 5.74) is 2.18. The second kappa shape index (κ2) is 6.72. The summed E-state index contributed by atoms with van der Waals surface area (Å²) >= 11 is 0. The van der Waals surface area contributed by atoms with E-state index in [1.165, 1.54) is 0 Å². The molecule has 0 aliphatic carbocycles. The van der Waals surface area contributed by atoms with E-state index in [0.717, 1.165) is 21.7 Å². The minimum Gasteiger partial charge on any atom is -0.360 e. The van der Waals surface area contributed by atoms with E-state index in [9.17, 15) is 9.59 Å². The third-order valence-electron chi connectivity index (χ3n) is 4.34. The number of hydrogen-bond acceptors (Lipinski definition) is 2. The zero-order chi connectivity index (χ0) is 17.9. The molecule has 0 fully saturated rings. The topological polar surface area (TPSA) is 74.0 Å². The maximum atomic E-state index is 12.4. The number of Topliss-reactive ketones (excluding diaryl/α,β-unsaturated/α-hetero) is 1. The van der Waals surface area contributed by atoms with E-state index < -0.39 is 6.03 Å². The van der Waals surface area contributed by atoms with E-state index in [1.807, 2.05) is 66.7 Å². The molecule has 0 spiro atoms. The highest BCUT2D eigenvalue weighted by atomic mass is 16.2. The van der Waals surface area contributed by atoms with Gasteiger partial charge >= 0.3 is 6.03 Å². The lowest BCUT2D eigenvalue weighted by atomic mass is 10.1. The molecule has 0 bridgehead atoms. The monoisotopic (exact) mass is 343 g/mol. The molecule has 0 unspecified atom stereocenters. The number of aromatic nitrogens is 1. The van der Waals surface area contributed by atoms with Crippen molar-refractivity contribution >= 4 is 39.2 Å². The van der Waals surface area contributed by atoms with Gasteiger partial charge in [0.1, 0.15) is 0 Å². The van der Waals surface area contributed by atoms with Crippen molar-refractivity contribution < 1.29 is 9.59 Å². The van der Waals surface area contributed by atoms with Crippen LogP contribution < -0.4 is 10.6 Å². The summed E-state index contributed by atoms with van der Waals surface area (Å²) in [4.78, 5) is 27.7. The maximum absolute atomic E-state index is 12.4. The van der Waals surface area contributed by atoms with Gasteiger partial charge in [0.05, 0.1) is 12.2 Å². The number of rotatable bonds is 4. The SMILES string of the molecule is O=C(NCC(=O)c1c[nH]c2ccccc12)Nc1cccc2ccccc12. The second-order valence-electron chi connectivity index (χ2n) is 6.01. The summed E-state index contributed by atoms with van der Waals surface area (Å²) in [7, 11) is 0. The molecule has 0 saturated heterocycles. The smallest absolute Gasteiger partial charge is 0.319 e. The number of nitrogens with one attached hydrogen (secondary N) is 3. The van der Waals surface area contributed by atoms with Crippen molar-refractivity contribution in [3.05, 3.63) is 78.5 Å². The van der Waals surface area contributed by atoms with Crippen LogP contribution in [-0.2, 0) is 0 Å². The van der Waals surface area contributed by atoms with Crippen molar-refractivity contribution in [2.24, 2.45) is 0 Å². The van der Waals surface area contributed by atoms with Gasteiger partial charge in [0, 0.05) is 28.0 Å². The van der Waals surface area contributed by atoms with Crippen LogP contribution in [0.1, 0.15) is 10.4 Å². The van der Waals surface area contributed by atoms with E-state index in [0.29, 0.717) is 11.3 Å². The minimum atomic E-state index is -0.408. The predicted molar refractivity (Wildman–Crippen MR) is 104 cm³/mol. The van der Waals surface area contributed by atoms with Gasteiger partial charge < -0.3 is 15.6 Å². The fraction of sp³-hybridized carbons (Fsp3) is 0.0476. The Bertz CT molecular complexity index is 1110. The lowest BCUT2D eigenvalue weighted by Gasteiger charge is -2.09. The van der Waals surface area contributed by atoms with E-state index in [4.69, 9.17) is 0 Å². The number of para-hydroxylation sites is 1. The Hall–Kier alpha value is -3.60. The molecule has 1 heterocycles. The van der Waals surface area contributed by atoms with Gasteiger partial charge in [-0.05, 0) is 17.5 Å². The van der Waals surface area contributed by atoms with Gasteiger partial charge in [-0.2, -0.15) is 0 Å². The Morgan fingerprint density at radius 2 is 1.58 bits per heavy atom. The van der Waals surface area contributed by atoms with Crippen LogP contribution in [0.25, 0.3) is 21.7 Å². The Kier molecular flexibility index (Phi) is 4.11. The zero-order valence-corrected chi connectivity index (χ0v) is 14.0. The molecule has 0 aliphatic rings. The third-order valence-corrected chi connectivity index (χ3v) is 4.34. The first-order valence-corrected chi connectivity index (χ1v) is 8.34. The molecule has 3 aromatic carbocycles. The highest BCUT2D eigenvalue weighted by Gasteiger charge is 2.13. The third kappa shape index (κ3) is 3.02. The van der Waals surface area contributed by atoms with Gasteiger partial charge in [-0.1, -0.05) is 54.6 Å². The number of carbonyl (C=O) groups is 2. The summed E-state index contributed by atoms with van der Waals surface area (Å²) in [6.45, 7) is -0.0710. The van der Waals surface area contributed by atoms with Gasteiger partial charge in [0.15, 0.2) is 5.78 Å². The second-order valence-corrected chi connectivity index (χ2v) is 6.01. The van der Waals surface area contributed by atoms with Gasteiger partial charge in [-0.25, -0.2) is 4.79 Å². The van der Waals surface area contributed by atoms with Crippen molar-refractivity contribution in [1.29, 1.82) is 0 Å². The molecule has 1 aromatic heterocycles. The number of aromatic amines is 1. The summed E-state index contributed by atoms with van der Waals surface area (Å²) in [5.74, 6) is -0.143. The highest BCUT2D eigenvalue weighted by molar-refractivity contribution is 6.10. The van der Waals surface area contributed by atoms with Gasteiger partial charge in [-0.15, -0.1) is 0 Å². The van der Waals surface area contributed by atoms with Crippen molar-refractivity contribution in [2.75, 3.05) is 11.9 Å². The number of fused-ring (bicyclic) bond motifs is 2. The van der Waals surface area contributed by atoms with Crippen LogP contribution >= 0.6 is 0 Å². The predicted octanol–water partition coefficient (Wildman–Crippen LogP) is 4.33. The number of urea groups is 1. The molecule has 128 valence electrons. The minimum absolute atomic E-state index is 0.0710. The summed E-state index contributed by atoms with van der Waals surface area (Å²) in [5, 5.41) is 8.30. The first-order valence-electron chi connectivity index (χ1n) is 8.34. The molecule has 0 aliphatic heterocycles. The van der Waals surface area contributed by atoms with Crippen LogP contribution in [0, 0.1) is 0 Å². The quantitative estimate of drug-likeness (QED) is 0.483. The van der Waals surface area contributed by atoms with E-state index in [1.54, 1.807) is 6.20 Å². The summed E-state index contributed by atoms with van der Waals surface area (Å²) in [6.07, 6.45) is 1.68. The lowest BCUT2D eigenvalue weighted by Crippen LogP contribution is -2.33. The number of hydrogen-bond donors (Lipinski definition) is 3. The maximum Gasteiger partial charge on any atom is 0.319 e. The Labute approximate surface area is 150 Å². The number of anilines is 1. The normalized spacial score (nSPS) is 10.8. The van der Waals surface area contributed by atoms with Crippen LogP contribution in [0.3, 0.4) is 0 Å². The zero-order valence-electron chi connectivity index (χ0n) is 14.0. The first-order chi connectivity index (χ1) is 12.7. The van der Waals surface area contributed by atoms with E-state index in [2.05, 4.69) is 15.6 Å². The molecule has 5 nitrogen and oxygen atoms in total. The van der Waals surface area contributed by atoms with Crippen LogP contribution in [0.15, 0.2) is 72.9 Å². The highest BCUT2D eigenvalue weighted by Crippen LogP contribution is 2.22. The number of amides is 2. The molecule has 5 heteroatoms. The number of H-pyrrole nitrogens is 1. The molecule has 3 N–H and O–H groups in total. The molecular formula is C21H17N3O2. The molecular weight excluding hydrogens is 326 g/mol.